The van der Waals surface area contributed by atoms with Gasteiger partial charge in [0.05, 0.1) is 11.3 Å². The van der Waals surface area contributed by atoms with Gasteiger partial charge in [-0.3, -0.25) is 14.6 Å². The Morgan fingerprint density at radius 2 is 2.00 bits per heavy atom. The Morgan fingerprint density at radius 3 is 2.73 bits per heavy atom. The molecule has 0 bridgehead atoms. The van der Waals surface area contributed by atoms with Gasteiger partial charge in [0.15, 0.2) is 0 Å². The fourth-order valence-electron chi connectivity index (χ4n) is 5.10. The van der Waals surface area contributed by atoms with Gasteiger partial charge in [0, 0.05) is 73.5 Å². The molecule has 9 nitrogen and oxygen atoms in total. The zero-order valence-electron chi connectivity index (χ0n) is 21.4. The molecule has 9 heteroatoms. The fourth-order valence-corrected chi connectivity index (χ4v) is 5.10. The van der Waals surface area contributed by atoms with E-state index in [0.717, 1.165) is 54.4 Å². The van der Waals surface area contributed by atoms with Gasteiger partial charge in [0.2, 0.25) is 0 Å². The van der Waals surface area contributed by atoms with Crippen molar-refractivity contribution in [3.63, 3.8) is 0 Å². The summed E-state index contributed by atoms with van der Waals surface area (Å²) < 4.78 is 1.53. The van der Waals surface area contributed by atoms with Gasteiger partial charge in [0.1, 0.15) is 17.7 Å². The molecule has 1 N–H and O–H groups in total. The molecule has 0 aromatic carbocycles. The zero-order chi connectivity index (χ0) is 26.1. The van der Waals surface area contributed by atoms with Crippen LogP contribution in [0.3, 0.4) is 0 Å². The number of piperidine rings is 1. The van der Waals surface area contributed by atoms with Crippen molar-refractivity contribution in [1.29, 1.82) is 0 Å². The van der Waals surface area contributed by atoms with Crippen molar-refractivity contribution in [3.8, 4) is 11.3 Å². The lowest BCUT2D eigenvalue weighted by Crippen LogP contribution is -2.46. The Balaban J connectivity index is 1.33. The number of nitrogens with zero attached hydrogens (tertiary/aromatic N) is 6. The molecule has 37 heavy (non-hydrogen) atoms. The van der Waals surface area contributed by atoms with Crippen molar-refractivity contribution < 1.29 is 4.79 Å². The van der Waals surface area contributed by atoms with Gasteiger partial charge in [-0.2, -0.15) is 0 Å². The average Bonchev–Trinajstić information content (AvgIpc) is 3.32. The summed E-state index contributed by atoms with van der Waals surface area (Å²) in [4.78, 5) is 47.0. The summed E-state index contributed by atoms with van der Waals surface area (Å²) in [5, 5.41) is 0.663. The highest BCUT2D eigenvalue weighted by Gasteiger charge is 2.28. The van der Waals surface area contributed by atoms with E-state index in [9.17, 15) is 9.59 Å². The molecule has 0 spiro atoms. The molecule has 4 aromatic heterocycles. The van der Waals surface area contributed by atoms with Crippen LogP contribution in [0, 0.1) is 13.8 Å². The minimum atomic E-state index is -0.152. The number of aryl methyl sites for hydroxylation is 2. The van der Waals surface area contributed by atoms with Gasteiger partial charge in [-0.25, -0.2) is 9.97 Å². The standard InChI is InChI=1S/C28H31N7O2/c1-5-11-35-16-23(22-14-18(2)32-26(22)28(35)37)27(36)33(4)20-8-12-34(13-9-20)25-15-24(30-17-31-25)21-7-6-10-29-19(21)3/h5-7,10,14-17,20,32H,1,8-9,11-13H2,2-4H3. The van der Waals surface area contributed by atoms with E-state index in [1.807, 2.05) is 50.1 Å². The normalized spacial score (nSPS) is 14.2. The average molecular weight is 498 g/mol. The number of nitrogens with one attached hydrogen (secondary N) is 1. The smallest absolute Gasteiger partial charge is 0.275 e. The van der Waals surface area contributed by atoms with Gasteiger partial charge < -0.3 is 19.4 Å². The second-order valence-corrected chi connectivity index (χ2v) is 9.56. The van der Waals surface area contributed by atoms with Gasteiger partial charge in [-0.05, 0) is 44.9 Å². The Hall–Kier alpha value is -4.27. The number of carbonyl (C=O) groups excluding carboxylic acids is 1. The van der Waals surface area contributed by atoms with Crippen LogP contribution in [0.1, 0.15) is 34.6 Å². The van der Waals surface area contributed by atoms with E-state index in [1.165, 1.54) is 4.57 Å². The molecule has 0 saturated carbocycles. The lowest BCUT2D eigenvalue weighted by Gasteiger charge is -2.37. The molecule has 1 aliphatic heterocycles. The number of H-pyrrole nitrogens is 1. The first-order valence-corrected chi connectivity index (χ1v) is 12.5. The number of allylic oxidation sites excluding steroid dienone is 1. The van der Waals surface area contributed by atoms with Gasteiger partial charge >= 0.3 is 0 Å². The van der Waals surface area contributed by atoms with E-state index >= 15 is 0 Å². The minimum Gasteiger partial charge on any atom is -0.356 e. The van der Waals surface area contributed by atoms with Crippen LogP contribution in [0.4, 0.5) is 5.82 Å². The van der Waals surface area contributed by atoms with Crippen molar-refractivity contribution in [3.05, 3.63) is 82.9 Å². The van der Waals surface area contributed by atoms with Crippen LogP contribution in [0.25, 0.3) is 22.2 Å². The number of anilines is 1. The third-order valence-electron chi connectivity index (χ3n) is 7.15. The number of amides is 1. The Labute approximate surface area is 215 Å². The number of fused-ring (bicyclic) bond motifs is 1. The maximum absolute atomic E-state index is 13.7. The Bertz CT molecular complexity index is 1530. The second-order valence-electron chi connectivity index (χ2n) is 9.56. The molecule has 0 aliphatic carbocycles. The van der Waals surface area contributed by atoms with Crippen LogP contribution in [0.2, 0.25) is 0 Å². The molecule has 0 radical (unpaired) electrons. The maximum Gasteiger partial charge on any atom is 0.275 e. The number of pyridine rings is 2. The second kappa shape index (κ2) is 10.0. The molecule has 0 atom stereocenters. The molecule has 1 fully saturated rings. The van der Waals surface area contributed by atoms with E-state index in [-0.39, 0.29) is 17.5 Å². The molecular formula is C28H31N7O2. The fraction of sp³-hybridized carbons (Fsp3) is 0.321. The van der Waals surface area contributed by atoms with Crippen LogP contribution in [-0.4, -0.2) is 61.5 Å². The summed E-state index contributed by atoms with van der Waals surface area (Å²) in [6, 6.07) is 7.89. The SMILES string of the molecule is C=CCn1cc(C(=O)N(C)C2CCN(c3cc(-c4cccnc4C)ncn3)CC2)c2cc(C)[nH]c2c1=O. The van der Waals surface area contributed by atoms with Crippen LogP contribution in [-0.2, 0) is 6.54 Å². The number of hydrogen-bond acceptors (Lipinski definition) is 6. The number of carbonyl (C=O) groups is 1. The predicted molar refractivity (Wildman–Crippen MR) is 145 cm³/mol. The third-order valence-corrected chi connectivity index (χ3v) is 7.15. The summed E-state index contributed by atoms with van der Waals surface area (Å²) in [6.07, 6.45) is 8.33. The van der Waals surface area contributed by atoms with Crippen LogP contribution < -0.4 is 10.5 Å². The summed E-state index contributed by atoms with van der Waals surface area (Å²) in [6.45, 7) is 9.50. The van der Waals surface area contributed by atoms with Crippen LogP contribution in [0.5, 0.6) is 0 Å². The highest BCUT2D eigenvalue weighted by atomic mass is 16.2. The van der Waals surface area contributed by atoms with Crippen molar-refractivity contribution in [2.24, 2.45) is 0 Å². The van der Waals surface area contributed by atoms with Crippen molar-refractivity contribution in [2.75, 3.05) is 25.0 Å². The molecule has 5 heterocycles. The summed E-state index contributed by atoms with van der Waals surface area (Å²) in [5.41, 5.74) is 4.45. The van der Waals surface area contributed by atoms with Crippen molar-refractivity contribution in [1.82, 2.24) is 29.4 Å². The predicted octanol–water partition coefficient (Wildman–Crippen LogP) is 3.73. The van der Waals surface area contributed by atoms with Crippen molar-refractivity contribution in [2.45, 2.75) is 39.3 Å². The highest BCUT2D eigenvalue weighted by Crippen LogP contribution is 2.27. The van der Waals surface area contributed by atoms with E-state index in [0.29, 0.717) is 23.0 Å². The monoisotopic (exact) mass is 497 g/mol. The maximum atomic E-state index is 13.7. The summed E-state index contributed by atoms with van der Waals surface area (Å²) in [7, 11) is 1.85. The first kappa shape index (κ1) is 24.4. The molecular weight excluding hydrogens is 466 g/mol. The summed E-state index contributed by atoms with van der Waals surface area (Å²) >= 11 is 0. The zero-order valence-corrected chi connectivity index (χ0v) is 21.4. The highest BCUT2D eigenvalue weighted by molar-refractivity contribution is 6.06. The quantitative estimate of drug-likeness (QED) is 0.408. The first-order chi connectivity index (χ1) is 17.9. The third kappa shape index (κ3) is 4.64. The molecule has 5 rings (SSSR count). The van der Waals surface area contributed by atoms with Crippen molar-refractivity contribution >= 4 is 22.6 Å². The van der Waals surface area contributed by atoms with E-state index in [2.05, 4.69) is 31.4 Å². The Kier molecular flexibility index (Phi) is 6.60. The number of aromatic amines is 1. The lowest BCUT2D eigenvalue weighted by molar-refractivity contribution is 0.0710. The molecule has 190 valence electrons. The largest absolute Gasteiger partial charge is 0.356 e. The summed E-state index contributed by atoms with van der Waals surface area (Å²) in [5.74, 6) is 0.790. The van der Waals surface area contributed by atoms with Gasteiger partial charge in [-0.1, -0.05) is 6.08 Å². The molecule has 1 saturated heterocycles. The number of rotatable bonds is 6. The molecule has 1 amide bonds. The van der Waals surface area contributed by atoms with Gasteiger partial charge in [-0.15, -0.1) is 6.58 Å². The molecule has 1 aliphatic rings. The van der Waals surface area contributed by atoms with E-state index in [4.69, 9.17) is 0 Å². The minimum absolute atomic E-state index is 0.0838. The number of hydrogen-bond donors (Lipinski definition) is 1. The number of aromatic nitrogens is 5. The van der Waals surface area contributed by atoms with Crippen LogP contribution >= 0.6 is 0 Å². The molecule has 4 aromatic rings. The molecule has 0 unspecified atom stereocenters. The Morgan fingerprint density at radius 1 is 1.22 bits per heavy atom. The lowest BCUT2D eigenvalue weighted by atomic mass is 10.0. The van der Waals surface area contributed by atoms with E-state index in [1.54, 1.807) is 24.8 Å². The van der Waals surface area contributed by atoms with Crippen LogP contribution in [0.15, 0.2) is 60.4 Å². The van der Waals surface area contributed by atoms with E-state index < -0.39 is 0 Å². The van der Waals surface area contributed by atoms with Gasteiger partial charge in [0.25, 0.3) is 11.5 Å². The topological polar surface area (TPSA) is 100 Å². The first-order valence-electron chi connectivity index (χ1n) is 12.5.